The Hall–Kier alpha value is -1.44. The number of ether oxygens (including phenoxy) is 2. The van der Waals surface area contributed by atoms with Gasteiger partial charge in [0, 0.05) is 12.9 Å². The van der Waals surface area contributed by atoms with Gasteiger partial charge in [0.15, 0.2) is 9.84 Å². The van der Waals surface area contributed by atoms with Gasteiger partial charge in [-0.25, -0.2) is 8.42 Å². The molecular weight excluding hydrogens is 306 g/mol. The van der Waals surface area contributed by atoms with E-state index in [2.05, 4.69) is 5.32 Å². The summed E-state index contributed by atoms with van der Waals surface area (Å²) in [6.45, 7) is 1.34. The van der Waals surface area contributed by atoms with Gasteiger partial charge in [-0.05, 0) is 12.0 Å². The Morgan fingerprint density at radius 3 is 2.77 bits per heavy atom. The van der Waals surface area contributed by atoms with Crippen molar-refractivity contribution < 1.29 is 22.7 Å². The van der Waals surface area contributed by atoms with Gasteiger partial charge in [-0.3, -0.25) is 4.79 Å². The van der Waals surface area contributed by atoms with Crippen LogP contribution >= 0.6 is 0 Å². The second-order valence-corrected chi connectivity index (χ2v) is 7.58. The molecule has 2 atom stereocenters. The van der Waals surface area contributed by atoms with E-state index in [1.54, 1.807) is 0 Å². The largest absolute Gasteiger partial charge is 0.379 e. The number of sulfone groups is 1. The lowest BCUT2D eigenvalue weighted by Crippen LogP contribution is -2.51. The average Bonchev–Trinajstić information content (AvgIpc) is 2.45. The third kappa shape index (κ3) is 5.75. The molecule has 1 aliphatic rings. The first-order valence-electron chi connectivity index (χ1n) is 7.14. The number of benzene rings is 1. The molecule has 0 unspecified atom stereocenters. The first-order chi connectivity index (χ1) is 10.4. The summed E-state index contributed by atoms with van der Waals surface area (Å²) in [5, 5.41) is 2.69. The topological polar surface area (TPSA) is 81.7 Å². The molecular formula is C15H21NO5S. The Bertz CT molecular complexity index is 587. The summed E-state index contributed by atoms with van der Waals surface area (Å²) in [6, 6.07) is 9.42. The second kappa shape index (κ2) is 7.71. The molecule has 6 nitrogen and oxygen atoms in total. The predicted molar refractivity (Wildman–Crippen MR) is 82.1 cm³/mol. The normalized spacial score (nSPS) is 22.2. The van der Waals surface area contributed by atoms with E-state index in [1.165, 1.54) is 0 Å². The molecule has 22 heavy (non-hydrogen) atoms. The molecule has 0 bridgehead atoms. The lowest BCUT2D eigenvalue weighted by Gasteiger charge is -2.32. The van der Waals surface area contributed by atoms with Crippen LogP contribution in [-0.4, -0.2) is 51.7 Å². The van der Waals surface area contributed by atoms with Crippen molar-refractivity contribution in [3.05, 3.63) is 35.9 Å². The quantitative estimate of drug-likeness (QED) is 0.824. The maximum atomic E-state index is 11.7. The third-order valence-electron chi connectivity index (χ3n) is 3.34. The summed E-state index contributed by atoms with van der Waals surface area (Å²) in [4.78, 5) is 11.7. The fourth-order valence-electron chi connectivity index (χ4n) is 2.32. The molecule has 1 aliphatic heterocycles. The molecule has 122 valence electrons. The van der Waals surface area contributed by atoms with Gasteiger partial charge in [0.1, 0.15) is 5.75 Å². The maximum absolute atomic E-state index is 11.7. The molecule has 0 aliphatic carbocycles. The van der Waals surface area contributed by atoms with E-state index in [4.69, 9.17) is 9.47 Å². The number of carbonyl (C=O) groups is 1. The van der Waals surface area contributed by atoms with Crippen molar-refractivity contribution in [3.63, 3.8) is 0 Å². The SMILES string of the molecule is CS(=O)(=O)CC(=O)N[C@@H]1COCC[C@@H]1OCc1ccccc1. The van der Waals surface area contributed by atoms with E-state index >= 15 is 0 Å². The Morgan fingerprint density at radius 1 is 1.36 bits per heavy atom. The molecule has 1 saturated heterocycles. The van der Waals surface area contributed by atoms with E-state index in [0.717, 1.165) is 11.8 Å². The van der Waals surface area contributed by atoms with Crippen LogP contribution in [-0.2, 0) is 30.7 Å². The Kier molecular flexibility index (Phi) is 5.93. The number of hydrogen-bond acceptors (Lipinski definition) is 5. The van der Waals surface area contributed by atoms with Crippen molar-refractivity contribution in [3.8, 4) is 0 Å². The van der Waals surface area contributed by atoms with E-state index in [9.17, 15) is 13.2 Å². The summed E-state index contributed by atoms with van der Waals surface area (Å²) in [5.74, 6) is -1.04. The van der Waals surface area contributed by atoms with Crippen LogP contribution in [0.1, 0.15) is 12.0 Å². The van der Waals surface area contributed by atoms with Gasteiger partial charge in [0.2, 0.25) is 5.91 Å². The molecule has 0 radical (unpaired) electrons. The van der Waals surface area contributed by atoms with Crippen molar-refractivity contribution in [2.45, 2.75) is 25.2 Å². The number of amides is 1. The zero-order valence-electron chi connectivity index (χ0n) is 12.5. The number of carbonyl (C=O) groups excluding carboxylic acids is 1. The minimum atomic E-state index is -3.34. The molecule has 1 N–H and O–H groups in total. The molecule has 2 rings (SSSR count). The summed E-state index contributed by atoms with van der Waals surface area (Å²) in [7, 11) is -3.34. The minimum absolute atomic E-state index is 0.183. The zero-order valence-corrected chi connectivity index (χ0v) is 13.3. The summed E-state index contributed by atoms with van der Waals surface area (Å²) in [6.07, 6.45) is 1.52. The van der Waals surface area contributed by atoms with Crippen LogP contribution < -0.4 is 5.32 Å². The van der Waals surface area contributed by atoms with Crippen molar-refractivity contribution in [1.82, 2.24) is 5.32 Å². The highest BCUT2D eigenvalue weighted by molar-refractivity contribution is 7.91. The van der Waals surface area contributed by atoms with Gasteiger partial charge in [-0.2, -0.15) is 0 Å². The zero-order chi connectivity index (χ0) is 16.0. The molecule has 1 heterocycles. The van der Waals surface area contributed by atoms with Crippen LogP contribution in [0.5, 0.6) is 0 Å². The fraction of sp³-hybridized carbons (Fsp3) is 0.533. The lowest BCUT2D eigenvalue weighted by molar-refractivity contribution is -0.124. The molecule has 1 aromatic carbocycles. The van der Waals surface area contributed by atoms with E-state index in [0.29, 0.717) is 26.2 Å². The minimum Gasteiger partial charge on any atom is -0.379 e. The van der Waals surface area contributed by atoms with Crippen molar-refractivity contribution in [2.75, 3.05) is 25.2 Å². The second-order valence-electron chi connectivity index (χ2n) is 5.44. The monoisotopic (exact) mass is 327 g/mol. The fourth-order valence-corrected chi connectivity index (χ4v) is 2.88. The van der Waals surface area contributed by atoms with Crippen LogP contribution in [0, 0.1) is 0 Å². The van der Waals surface area contributed by atoms with Crippen molar-refractivity contribution in [1.29, 1.82) is 0 Å². The van der Waals surface area contributed by atoms with Crippen LogP contribution in [0.4, 0.5) is 0 Å². The lowest BCUT2D eigenvalue weighted by atomic mass is 10.1. The average molecular weight is 327 g/mol. The molecule has 7 heteroatoms. The van der Waals surface area contributed by atoms with E-state index in [-0.39, 0.29) is 12.1 Å². The van der Waals surface area contributed by atoms with E-state index in [1.807, 2.05) is 30.3 Å². The molecule has 1 fully saturated rings. The number of rotatable bonds is 6. The standard InChI is InChI=1S/C15H21NO5S/c1-22(18,19)11-15(17)16-13-10-20-8-7-14(13)21-9-12-5-3-2-4-6-12/h2-6,13-14H,7-11H2,1H3,(H,16,17)/t13-,14+/m1/s1. The predicted octanol–water partition coefficient (Wildman–Crippen LogP) is 0.522. The number of nitrogens with one attached hydrogen (secondary N) is 1. The molecule has 1 aromatic rings. The highest BCUT2D eigenvalue weighted by atomic mass is 32.2. The van der Waals surface area contributed by atoms with Crippen molar-refractivity contribution in [2.24, 2.45) is 0 Å². The van der Waals surface area contributed by atoms with Gasteiger partial charge >= 0.3 is 0 Å². The van der Waals surface area contributed by atoms with Crippen LogP contribution in [0.3, 0.4) is 0 Å². The van der Waals surface area contributed by atoms with Gasteiger partial charge in [0.05, 0.1) is 25.4 Å². The molecule has 0 aromatic heterocycles. The molecule has 1 amide bonds. The summed E-state index contributed by atoms with van der Waals surface area (Å²) < 4.78 is 33.5. The van der Waals surface area contributed by atoms with E-state index < -0.39 is 21.5 Å². The smallest absolute Gasteiger partial charge is 0.235 e. The highest BCUT2D eigenvalue weighted by Gasteiger charge is 2.28. The van der Waals surface area contributed by atoms with Gasteiger partial charge in [-0.1, -0.05) is 30.3 Å². The first-order valence-corrected chi connectivity index (χ1v) is 9.20. The van der Waals surface area contributed by atoms with Crippen LogP contribution in [0.25, 0.3) is 0 Å². The van der Waals surface area contributed by atoms with Crippen molar-refractivity contribution >= 4 is 15.7 Å². The Balaban J connectivity index is 1.89. The summed E-state index contributed by atoms with van der Waals surface area (Å²) >= 11 is 0. The van der Waals surface area contributed by atoms with Crippen LogP contribution in [0.15, 0.2) is 30.3 Å². The summed E-state index contributed by atoms with van der Waals surface area (Å²) in [5.41, 5.74) is 1.05. The molecule has 0 spiro atoms. The van der Waals surface area contributed by atoms with Gasteiger partial charge in [-0.15, -0.1) is 0 Å². The first kappa shape index (κ1) is 16.9. The Morgan fingerprint density at radius 2 is 2.09 bits per heavy atom. The Labute approximate surface area is 130 Å². The van der Waals surface area contributed by atoms with Gasteiger partial charge in [0.25, 0.3) is 0 Å². The maximum Gasteiger partial charge on any atom is 0.235 e. The third-order valence-corrected chi connectivity index (χ3v) is 4.13. The van der Waals surface area contributed by atoms with Gasteiger partial charge < -0.3 is 14.8 Å². The number of hydrogen-bond donors (Lipinski definition) is 1. The molecule has 0 saturated carbocycles. The highest BCUT2D eigenvalue weighted by Crippen LogP contribution is 2.14. The van der Waals surface area contributed by atoms with Crippen LogP contribution in [0.2, 0.25) is 0 Å².